The summed E-state index contributed by atoms with van der Waals surface area (Å²) in [6.07, 6.45) is 4.97. The van der Waals surface area contributed by atoms with E-state index in [1.54, 1.807) is 24.1 Å². The Labute approximate surface area is 241 Å². The third-order valence-electron chi connectivity index (χ3n) is 6.87. The first kappa shape index (κ1) is 30.5. The molecule has 0 spiro atoms. The Kier molecular flexibility index (Phi) is 11.7. The van der Waals surface area contributed by atoms with E-state index in [-0.39, 0.29) is 5.91 Å². The van der Waals surface area contributed by atoms with E-state index in [0.717, 1.165) is 35.7 Å². The molecule has 2 aromatic rings. The second-order valence-electron chi connectivity index (χ2n) is 9.45. The highest BCUT2D eigenvalue weighted by Gasteiger charge is 2.29. The summed E-state index contributed by atoms with van der Waals surface area (Å²) in [5, 5.41) is 8.40. The number of methoxy groups -OCH3 is 1. The topological polar surface area (TPSA) is 88.8 Å². The van der Waals surface area contributed by atoms with Gasteiger partial charge >= 0.3 is 6.01 Å². The molecule has 1 aromatic heterocycles. The molecule has 11 heteroatoms. The van der Waals surface area contributed by atoms with Crippen molar-refractivity contribution in [2.45, 2.75) is 32.7 Å². The van der Waals surface area contributed by atoms with Crippen LogP contribution in [0.5, 0.6) is 6.01 Å². The number of likely N-dealkylation sites (tertiary alicyclic amines) is 1. The molecule has 0 saturated carbocycles. The quantitative estimate of drug-likeness (QED) is 0.496. The number of aromatic nitrogens is 2. The summed E-state index contributed by atoms with van der Waals surface area (Å²) in [6, 6.07) is 7.74. The standard InChI is InChI=1S/C21H23Cl2N5O2.C5H11N.C2H3N/c1-3-18(29)26-9-11-27(12-10-26)20-14-7-8-28(13-16(14)24-21(25-20)30-2)17-6-4-5-15(22)19(17)23;1-6-4-2-3-5-6;1-2-3/h3-6H,1,7-13H2,2H3;2-5H2,1H3;1H3. The maximum absolute atomic E-state index is 11.9. The first-order chi connectivity index (χ1) is 18.8. The molecular weight excluding hydrogens is 537 g/mol. The number of benzene rings is 1. The number of hydrogen-bond donors (Lipinski definition) is 0. The smallest absolute Gasteiger partial charge is 0.318 e. The van der Waals surface area contributed by atoms with Crippen molar-refractivity contribution in [1.82, 2.24) is 19.8 Å². The van der Waals surface area contributed by atoms with Crippen molar-refractivity contribution < 1.29 is 9.53 Å². The van der Waals surface area contributed by atoms with Crippen molar-refractivity contribution in [3.63, 3.8) is 0 Å². The van der Waals surface area contributed by atoms with Crippen molar-refractivity contribution in [3.05, 3.63) is 52.2 Å². The molecule has 4 heterocycles. The van der Waals surface area contributed by atoms with Crippen LogP contribution in [0.4, 0.5) is 11.5 Å². The van der Waals surface area contributed by atoms with Gasteiger partial charge in [0.1, 0.15) is 5.82 Å². The van der Waals surface area contributed by atoms with Gasteiger partial charge in [0.05, 0.1) is 41.2 Å². The summed E-state index contributed by atoms with van der Waals surface area (Å²) in [4.78, 5) is 29.7. The van der Waals surface area contributed by atoms with Crippen LogP contribution in [-0.4, -0.2) is 85.6 Å². The van der Waals surface area contributed by atoms with Gasteiger partial charge in [0, 0.05) is 45.2 Å². The number of amides is 1. The molecule has 0 N–H and O–H groups in total. The first-order valence-corrected chi connectivity index (χ1v) is 13.9. The molecule has 210 valence electrons. The third-order valence-corrected chi connectivity index (χ3v) is 7.68. The lowest BCUT2D eigenvalue weighted by Crippen LogP contribution is -2.49. The van der Waals surface area contributed by atoms with Crippen LogP contribution in [0.15, 0.2) is 30.9 Å². The number of nitrogens with zero attached hydrogens (tertiary/aromatic N) is 7. The number of nitriles is 1. The maximum Gasteiger partial charge on any atom is 0.318 e. The number of fused-ring (bicyclic) bond motifs is 1. The van der Waals surface area contributed by atoms with Crippen LogP contribution in [0.25, 0.3) is 0 Å². The molecule has 39 heavy (non-hydrogen) atoms. The number of carbonyl (C=O) groups excluding carboxylic acids is 1. The Morgan fingerprint density at radius 2 is 1.74 bits per heavy atom. The van der Waals surface area contributed by atoms with Gasteiger partial charge in [-0.2, -0.15) is 15.2 Å². The van der Waals surface area contributed by atoms with Crippen molar-refractivity contribution in [2.75, 3.05) is 69.8 Å². The SMILES string of the molecule is C=CC(=O)N1CCN(c2nc(OC)nc3c2CCN(c2cccc(Cl)c2Cl)C3)CC1.CC#N.CN1CCCC1. The lowest BCUT2D eigenvalue weighted by molar-refractivity contribution is -0.126. The molecule has 0 aliphatic carbocycles. The average Bonchev–Trinajstić information content (AvgIpc) is 3.44. The zero-order valence-electron chi connectivity index (χ0n) is 23.0. The van der Waals surface area contributed by atoms with Gasteiger partial charge < -0.3 is 24.3 Å². The summed E-state index contributed by atoms with van der Waals surface area (Å²) in [5.74, 6) is 0.852. The van der Waals surface area contributed by atoms with Gasteiger partial charge in [0.25, 0.3) is 0 Å². The van der Waals surface area contributed by atoms with Gasteiger partial charge in [0.15, 0.2) is 0 Å². The molecule has 2 fully saturated rings. The highest BCUT2D eigenvalue weighted by Crippen LogP contribution is 2.36. The lowest BCUT2D eigenvalue weighted by Gasteiger charge is -2.38. The molecule has 0 bridgehead atoms. The minimum absolute atomic E-state index is 0.0361. The van der Waals surface area contributed by atoms with Gasteiger partial charge in [-0.25, -0.2) is 0 Å². The van der Waals surface area contributed by atoms with Crippen LogP contribution >= 0.6 is 23.2 Å². The van der Waals surface area contributed by atoms with E-state index in [4.69, 9.17) is 33.2 Å². The summed E-state index contributed by atoms with van der Waals surface area (Å²) < 4.78 is 5.38. The predicted octanol–water partition coefficient (Wildman–Crippen LogP) is 4.43. The predicted molar refractivity (Wildman–Crippen MR) is 157 cm³/mol. The molecule has 1 amide bonds. The fraction of sp³-hybridized carbons (Fsp3) is 0.500. The average molecular weight is 575 g/mol. The molecule has 1 aromatic carbocycles. The van der Waals surface area contributed by atoms with Crippen molar-refractivity contribution in [2.24, 2.45) is 0 Å². The molecule has 0 atom stereocenters. The normalized spacial score (nSPS) is 16.7. The van der Waals surface area contributed by atoms with Gasteiger partial charge in [-0.15, -0.1) is 0 Å². The highest BCUT2D eigenvalue weighted by atomic mass is 35.5. The Morgan fingerprint density at radius 3 is 2.31 bits per heavy atom. The third kappa shape index (κ3) is 7.98. The van der Waals surface area contributed by atoms with Crippen molar-refractivity contribution in [1.29, 1.82) is 5.26 Å². The van der Waals surface area contributed by atoms with Gasteiger partial charge in [0.2, 0.25) is 5.91 Å². The summed E-state index contributed by atoms with van der Waals surface area (Å²) in [6.45, 7) is 11.7. The Balaban J connectivity index is 0.000000400. The van der Waals surface area contributed by atoms with E-state index in [1.807, 2.05) is 12.1 Å². The minimum Gasteiger partial charge on any atom is -0.467 e. The molecule has 3 aliphatic heterocycles. The zero-order chi connectivity index (χ0) is 28.4. The van der Waals surface area contributed by atoms with Crippen LogP contribution in [0, 0.1) is 11.3 Å². The van der Waals surface area contributed by atoms with Crippen LogP contribution in [0.3, 0.4) is 0 Å². The lowest BCUT2D eigenvalue weighted by atomic mass is 10.0. The number of hydrogen-bond acceptors (Lipinski definition) is 8. The number of rotatable bonds is 4. The first-order valence-electron chi connectivity index (χ1n) is 13.1. The van der Waals surface area contributed by atoms with Crippen LogP contribution in [0.2, 0.25) is 10.0 Å². The van der Waals surface area contributed by atoms with Crippen molar-refractivity contribution >= 4 is 40.6 Å². The fourth-order valence-electron chi connectivity index (χ4n) is 4.83. The molecular formula is C28H37Cl2N7O2. The van der Waals surface area contributed by atoms with Gasteiger partial charge in [-0.05, 0) is 57.6 Å². The fourth-order valence-corrected chi connectivity index (χ4v) is 5.24. The largest absolute Gasteiger partial charge is 0.467 e. The Bertz CT molecular complexity index is 1170. The van der Waals surface area contributed by atoms with Gasteiger partial charge in [-0.3, -0.25) is 4.79 Å². The van der Waals surface area contributed by atoms with E-state index in [9.17, 15) is 4.79 Å². The molecule has 9 nitrogen and oxygen atoms in total. The van der Waals surface area contributed by atoms with Crippen molar-refractivity contribution in [3.8, 4) is 12.1 Å². The van der Waals surface area contributed by atoms with Gasteiger partial charge in [-0.1, -0.05) is 35.8 Å². The van der Waals surface area contributed by atoms with E-state index in [1.165, 1.54) is 38.9 Å². The maximum atomic E-state index is 11.9. The van der Waals surface area contributed by atoms with Crippen LogP contribution in [-0.2, 0) is 17.8 Å². The van der Waals surface area contributed by atoms with E-state index >= 15 is 0 Å². The Hall–Kier alpha value is -3.06. The number of carbonyl (C=O) groups is 1. The Morgan fingerprint density at radius 1 is 1.08 bits per heavy atom. The minimum atomic E-state index is -0.0361. The summed E-state index contributed by atoms with van der Waals surface area (Å²) in [7, 11) is 3.74. The molecule has 0 unspecified atom stereocenters. The van der Waals surface area contributed by atoms with E-state index < -0.39 is 0 Å². The van der Waals surface area contributed by atoms with E-state index in [0.29, 0.717) is 48.8 Å². The number of anilines is 2. The summed E-state index contributed by atoms with van der Waals surface area (Å²) >= 11 is 12.6. The molecule has 5 rings (SSSR count). The van der Waals surface area contributed by atoms with Crippen LogP contribution < -0.4 is 14.5 Å². The molecule has 0 radical (unpaired) electrons. The second kappa shape index (κ2) is 14.9. The number of halogens is 2. The van der Waals surface area contributed by atoms with E-state index in [2.05, 4.69) is 38.3 Å². The number of ether oxygens (including phenoxy) is 1. The molecule has 3 aliphatic rings. The number of piperazine rings is 1. The molecule has 2 saturated heterocycles. The monoisotopic (exact) mass is 573 g/mol. The second-order valence-corrected chi connectivity index (χ2v) is 10.2. The van der Waals surface area contributed by atoms with Crippen LogP contribution in [0.1, 0.15) is 31.0 Å². The highest BCUT2D eigenvalue weighted by molar-refractivity contribution is 6.43. The summed E-state index contributed by atoms with van der Waals surface area (Å²) in [5.41, 5.74) is 2.93. The zero-order valence-corrected chi connectivity index (χ0v) is 24.5.